The smallest absolute Gasteiger partial charge is 0.191 e. The first kappa shape index (κ1) is 21.8. The average molecular weight is 498 g/mol. The molecule has 1 saturated heterocycles. The summed E-state index contributed by atoms with van der Waals surface area (Å²) in [4.78, 5) is 8.56. The molecule has 1 fully saturated rings. The van der Waals surface area contributed by atoms with E-state index in [0.29, 0.717) is 11.9 Å². The predicted molar refractivity (Wildman–Crippen MR) is 124 cm³/mol. The number of hydrogen-bond donors (Lipinski definition) is 2. The molecule has 0 aliphatic carbocycles. The first-order valence-corrected chi connectivity index (χ1v) is 10.1. The molecule has 0 amide bonds. The number of rotatable bonds is 7. The maximum atomic E-state index is 5.77. The molecule has 1 aliphatic heterocycles. The van der Waals surface area contributed by atoms with Crippen molar-refractivity contribution in [3.05, 3.63) is 59.9 Å². The Morgan fingerprint density at radius 1 is 1.22 bits per heavy atom. The first-order valence-electron chi connectivity index (χ1n) is 9.01. The fourth-order valence-electron chi connectivity index (χ4n) is 2.77. The van der Waals surface area contributed by atoms with Crippen LogP contribution in [0.5, 0.6) is 5.75 Å². The van der Waals surface area contributed by atoms with Crippen LogP contribution in [-0.2, 0) is 13.2 Å². The monoisotopic (exact) mass is 498 g/mol. The largest absolute Gasteiger partial charge is 0.487 e. The summed E-state index contributed by atoms with van der Waals surface area (Å²) in [5.41, 5.74) is 2.11. The second-order valence-electron chi connectivity index (χ2n) is 6.20. The van der Waals surface area contributed by atoms with E-state index in [9.17, 15) is 0 Å². The minimum atomic E-state index is 0. The summed E-state index contributed by atoms with van der Waals surface area (Å²) in [6, 6.07) is 14.0. The molecule has 0 radical (unpaired) electrons. The van der Waals surface area contributed by atoms with Crippen LogP contribution in [0.15, 0.2) is 53.7 Å². The van der Waals surface area contributed by atoms with Gasteiger partial charge in [0, 0.05) is 31.6 Å². The number of aromatic nitrogens is 1. The van der Waals surface area contributed by atoms with E-state index in [1.807, 2.05) is 37.4 Å². The number of aliphatic imine (C=N–C) groups is 1. The van der Waals surface area contributed by atoms with Crippen molar-refractivity contribution in [2.45, 2.75) is 31.2 Å². The highest BCUT2D eigenvalue weighted by Gasteiger charge is 2.15. The van der Waals surface area contributed by atoms with Crippen molar-refractivity contribution >= 4 is 41.7 Å². The Labute approximate surface area is 182 Å². The standard InChI is InChI=1S/C20H26N4OS.HI/c1-21-20(24-14-19-6-4-12-26-19)23-13-16-7-9-18(10-8-16)25-15-17-5-2-3-11-22-17;/h2-3,5,7-11,19H,4,6,12-15H2,1H3,(H2,21,23,24);1H. The minimum absolute atomic E-state index is 0. The van der Waals surface area contributed by atoms with E-state index >= 15 is 0 Å². The minimum Gasteiger partial charge on any atom is -0.487 e. The molecule has 2 aromatic rings. The summed E-state index contributed by atoms with van der Waals surface area (Å²) in [6.07, 6.45) is 4.41. The van der Waals surface area contributed by atoms with E-state index in [4.69, 9.17) is 4.74 Å². The van der Waals surface area contributed by atoms with Gasteiger partial charge in [-0.15, -0.1) is 24.0 Å². The SMILES string of the molecule is CN=C(NCc1ccc(OCc2ccccn2)cc1)NCC1CCCS1.I. The molecule has 0 saturated carbocycles. The fourth-order valence-corrected chi connectivity index (χ4v) is 3.97. The number of ether oxygens (including phenoxy) is 1. The number of halogens is 1. The quantitative estimate of drug-likeness (QED) is 0.345. The zero-order valence-electron chi connectivity index (χ0n) is 15.6. The Morgan fingerprint density at radius 3 is 2.74 bits per heavy atom. The van der Waals surface area contributed by atoms with Gasteiger partial charge in [0.05, 0.1) is 5.69 Å². The van der Waals surface area contributed by atoms with Crippen LogP contribution >= 0.6 is 35.7 Å². The van der Waals surface area contributed by atoms with Crippen LogP contribution in [0.1, 0.15) is 24.1 Å². The van der Waals surface area contributed by atoms with Crippen molar-refractivity contribution in [1.29, 1.82) is 0 Å². The van der Waals surface area contributed by atoms with Crippen molar-refractivity contribution in [3.63, 3.8) is 0 Å². The van der Waals surface area contributed by atoms with Crippen molar-refractivity contribution in [2.24, 2.45) is 4.99 Å². The van der Waals surface area contributed by atoms with Crippen LogP contribution in [0, 0.1) is 0 Å². The summed E-state index contributed by atoms with van der Waals surface area (Å²) >= 11 is 2.05. The van der Waals surface area contributed by atoms with Crippen molar-refractivity contribution in [1.82, 2.24) is 15.6 Å². The van der Waals surface area contributed by atoms with Crippen LogP contribution < -0.4 is 15.4 Å². The number of hydrogen-bond acceptors (Lipinski definition) is 4. The Hall–Kier alpha value is -1.48. The molecule has 0 bridgehead atoms. The van der Waals surface area contributed by atoms with Crippen molar-refractivity contribution in [3.8, 4) is 5.75 Å². The van der Waals surface area contributed by atoms with Gasteiger partial charge in [-0.25, -0.2) is 0 Å². The zero-order valence-corrected chi connectivity index (χ0v) is 18.7. The Bertz CT molecular complexity index is 691. The van der Waals surface area contributed by atoms with Gasteiger partial charge in [0.15, 0.2) is 5.96 Å². The van der Waals surface area contributed by atoms with Gasteiger partial charge in [-0.05, 0) is 48.4 Å². The molecule has 1 aromatic carbocycles. The Morgan fingerprint density at radius 2 is 2.07 bits per heavy atom. The fraction of sp³-hybridized carbons (Fsp3) is 0.400. The van der Waals surface area contributed by atoms with E-state index in [1.54, 1.807) is 6.20 Å². The number of nitrogens with zero attached hydrogens (tertiary/aromatic N) is 2. The van der Waals surface area contributed by atoms with Crippen LogP contribution in [-0.4, -0.2) is 35.5 Å². The van der Waals surface area contributed by atoms with Gasteiger partial charge in [0.2, 0.25) is 0 Å². The second kappa shape index (κ2) is 12.1. The van der Waals surface area contributed by atoms with E-state index in [2.05, 4.69) is 44.5 Å². The van der Waals surface area contributed by atoms with Crippen LogP contribution in [0.4, 0.5) is 0 Å². The molecular weight excluding hydrogens is 471 g/mol. The molecule has 3 rings (SSSR count). The Kier molecular flexibility index (Phi) is 9.75. The van der Waals surface area contributed by atoms with Crippen LogP contribution in [0.2, 0.25) is 0 Å². The number of benzene rings is 1. The summed E-state index contributed by atoms with van der Waals surface area (Å²) in [5.74, 6) is 2.99. The molecule has 0 spiro atoms. The third kappa shape index (κ3) is 7.57. The molecule has 1 aliphatic rings. The topological polar surface area (TPSA) is 58.5 Å². The number of nitrogens with one attached hydrogen (secondary N) is 2. The van der Waals surface area contributed by atoms with Gasteiger partial charge >= 0.3 is 0 Å². The summed E-state index contributed by atoms with van der Waals surface area (Å²) in [7, 11) is 1.81. The van der Waals surface area contributed by atoms with E-state index in [-0.39, 0.29) is 24.0 Å². The van der Waals surface area contributed by atoms with Crippen LogP contribution in [0.25, 0.3) is 0 Å². The zero-order chi connectivity index (χ0) is 18.0. The summed E-state index contributed by atoms with van der Waals surface area (Å²) in [6.45, 7) is 2.19. The third-order valence-corrected chi connectivity index (χ3v) is 5.64. The van der Waals surface area contributed by atoms with E-state index in [0.717, 1.165) is 30.5 Å². The molecular formula is C20H27IN4OS. The number of pyridine rings is 1. The lowest BCUT2D eigenvalue weighted by Crippen LogP contribution is -2.39. The second-order valence-corrected chi connectivity index (χ2v) is 7.60. The Balaban J connectivity index is 0.00000261. The van der Waals surface area contributed by atoms with Crippen molar-refractivity contribution in [2.75, 3.05) is 19.3 Å². The van der Waals surface area contributed by atoms with Gasteiger partial charge in [-0.2, -0.15) is 11.8 Å². The molecule has 1 aromatic heterocycles. The molecule has 1 unspecified atom stereocenters. The molecule has 2 N–H and O–H groups in total. The first-order chi connectivity index (χ1) is 12.8. The molecule has 146 valence electrons. The van der Waals surface area contributed by atoms with Gasteiger partial charge in [-0.1, -0.05) is 18.2 Å². The summed E-state index contributed by atoms with van der Waals surface area (Å²) in [5, 5.41) is 7.50. The maximum Gasteiger partial charge on any atom is 0.191 e. The van der Waals surface area contributed by atoms with Crippen LogP contribution in [0.3, 0.4) is 0 Å². The highest BCUT2D eigenvalue weighted by Crippen LogP contribution is 2.25. The molecule has 5 nitrogen and oxygen atoms in total. The van der Waals surface area contributed by atoms with E-state index < -0.39 is 0 Å². The lowest BCUT2D eigenvalue weighted by atomic mass is 10.2. The van der Waals surface area contributed by atoms with Gasteiger partial charge in [0.25, 0.3) is 0 Å². The molecule has 2 heterocycles. The number of thioether (sulfide) groups is 1. The molecule has 27 heavy (non-hydrogen) atoms. The van der Waals surface area contributed by atoms with E-state index in [1.165, 1.54) is 24.2 Å². The molecule has 1 atom stereocenters. The highest BCUT2D eigenvalue weighted by molar-refractivity contribution is 14.0. The summed E-state index contributed by atoms with van der Waals surface area (Å²) < 4.78 is 5.77. The maximum absolute atomic E-state index is 5.77. The third-order valence-electron chi connectivity index (χ3n) is 4.24. The lowest BCUT2D eigenvalue weighted by Gasteiger charge is -2.15. The van der Waals surface area contributed by atoms with Gasteiger partial charge in [-0.3, -0.25) is 9.98 Å². The van der Waals surface area contributed by atoms with Gasteiger partial charge in [0.1, 0.15) is 12.4 Å². The molecule has 7 heteroatoms. The average Bonchev–Trinajstić information content (AvgIpc) is 3.22. The normalized spacial score (nSPS) is 16.5. The van der Waals surface area contributed by atoms with Crippen molar-refractivity contribution < 1.29 is 4.74 Å². The lowest BCUT2D eigenvalue weighted by molar-refractivity contribution is 0.301. The predicted octanol–water partition coefficient (Wildman–Crippen LogP) is 3.84. The highest BCUT2D eigenvalue weighted by atomic mass is 127. The number of guanidine groups is 1. The van der Waals surface area contributed by atoms with Gasteiger partial charge < -0.3 is 15.4 Å².